The maximum absolute atomic E-state index is 14.3. The van der Waals surface area contributed by atoms with Crippen molar-refractivity contribution >= 4 is 17.9 Å². The molecule has 1 heterocycles. The summed E-state index contributed by atoms with van der Waals surface area (Å²) in [5, 5.41) is 8.32. The van der Waals surface area contributed by atoms with Crippen LogP contribution in [0.2, 0.25) is 0 Å². The first-order chi connectivity index (χ1) is 25.0. The van der Waals surface area contributed by atoms with E-state index in [1.165, 1.54) is 6.42 Å². The Labute approximate surface area is 310 Å². The van der Waals surface area contributed by atoms with Crippen molar-refractivity contribution in [2.75, 3.05) is 73.5 Å². The predicted molar refractivity (Wildman–Crippen MR) is 208 cm³/mol. The van der Waals surface area contributed by atoms with Gasteiger partial charge in [0.2, 0.25) is 0 Å². The number of ether oxygens (including phenoxy) is 2. The summed E-state index contributed by atoms with van der Waals surface area (Å²) in [5.41, 5.74) is 3.96. The molecule has 0 unspecified atom stereocenters. The molecule has 10 heteroatoms. The van der Waals surface area contributed by atoms with Crippen molar-refractivity contribution in [3.05, 3.63) is 53.7 Å². The monoisotopic (exact) mass is 712 g/mol. The zero-order chi connectivity index (χ0) is 37.2. The number of anilines is 1. The smallest absolute Gasteiger partial charge is 0.272 e. The maximum Gasteiger partial charge on any atom is 0.272 e. The number of nitrogens with zero attached hydrogens (tertiary/aromatic N) is 5. The summed E-state index contributed by atoms with van der Waals surface area (Å²) in [6.07, 6.45) is 8.59. The summed E-state index contributed by atoms with van der Waals surface area (Å²) in [5.74, 6) is 2.80. The Bertz CT molecular complexity index is 1670. The Morgan fingerprint density at radius 2 is 1.52 bits per heavy atom. The first kappa shape index (κ1) is 37.9. The van der Waals surface area contributed by atoms with E-state index in [0.29, 0.717) is 34.6 Å². The van der Waals surface area contributed by atoms with E-state index in [1.54, 1.807) is 14.2 Å². The van der Waals surface area contributed by atoms with Crippen LogP contribution in [0.15, 0.2) is 42.5 Å². The van der Waals surface area contributed by atoms with E-state index in [2.05, 4.69) is 80.3 Å². The van der Waals surface area contributed by atoms with Gasteiger partial charge in [0.25, 0.3) is 5.91 Å². The molecule has 4 fully saturated rings. The molecule has 4 aliphatic carbocycles. The Morgan fingerprint density at radius 1 is 0.904 bits per heavy atom. The Hall–Kier alpha value is -3.89. The molecule has 7 rings (SSSR count). The van der Waals surface area contributed by atoms with Crippen molar-refractivity contribution in [1.82, 2.24) is 24.9 Å². The summed E-state index contributed by atoms with van der Waals surface area (Å²) in [6, 6.07) is 14.0. The highest BCUT2D eigenvalue weighted by Gasteiger charge is 2.58. The van der Waals surface area contributed by atoms with Gasteiger partial charge < -0.3 is 34.3 Å². The predicted octanol–water partition coefficient (Wildman–Crippen LogP) is 6.51. The van der Waals surface area contributed by atoms with Gasteiger partial charge in [-0.05, 0) is 157 Å². The number of aldehydes is 1. The van der Waals surface area contributed by atoms with E-state index in [0.717, 1.165) is 87.9 Å². The van der Waals surface area contributed by atoms with Gasteiger partial charge >= 0.3 is 0 Å². The summed E-state index contributed by atoms with van der Waals surface area (Å²) >= 11 is 0. The van der Waals surface area contributed by atoms with Crippen molar-refractivity contribution in [3.63, 3.8) is 0 Å². The molecule has 0 aliphatic heterocycles. The minimum Gasteiger partial charge on any atom is -0.496 e. The van der Waals surface area contributed by atoms with Crippen LogP contribution >= 0.6 is 0 Å². The van der Waals surface area contributed by atoms with E-state index in [9.17, 15) is 9.59 Å². The minimum atomic E-state index is -0.840. The highest BCUT2D eigenvalue weighted by Crippen LogP contribution is 2.57. The van der Waals surface area contributed by atoms with Gasteiger partial charge in [-0.2, -0.15) is 5.10 Å². The van der Waals surface area contributed by atoms with Gasteiger partial charge in [-0.15, -0.1) is 0 Å². The molecule has 1 N–H and O–H groups in total. The van der Waals surface area contributed by atoms with Gasteiger partial charge in [0.05, 0.1) is 31.2 Å². The molecule has 0 spiro atoms. The minimum absolute atomic E-state index is 0.173. The number of methoxy groups -OCH3 is 2. The fourth-order valence-electron chi connectivity index (χ4n) is 9.52. The largest absolute Gasteiger partial charge is 0.496 e. The quantitative estimate of drug-likeness (QED) is 0.159. The maximum atomic E-state index is 14.3. The van der Waals surface area contributed by atoms with Crippen molar-refractivity contribution < 1.29 is 19.1 Å². The number of nitrogens with one attached hydrogen (secondary N) is 1. The lowest BCUT2D eigenvalue weighted by molar-refractivity contribution is -0.130. The second kappa shape index (κ2) is 16.0. The van der Waals surface area contributed by atoms with Crippen molar-refractivity contribution in [3.8, 4) is 28.4 Å². The van der Waals surface area contributed by atoms with Gasteiger partial charge in [-0.25, -0.2) is 4.68 Å². The van der Waals surface area contributed by atoms with Crippen LogP contribution in [0.1, 0.15) is 80.8 Å². The van der Waals surface area contributed by atoms with Crippen LogP contribution in [0.25, 0.3) is 16.9 Å². The highest BCUT2D eigenvalue weighted by molar-refractivity contribution is 5.96. The number of rotatable bonds is 17. The lowest BCUT2D eigenvalue weighted by Gasteiger charge is -2.59. The zero-order valence-electron chi connectivity index (χ0n) is 32.7. The normalized spacial score (nSPS) is 23.4. The standard InChI is InChI=1S/C42H60N6O4/c1-28(2)34-25-33(47(6)19-11-18-46(5)17-10-16-45(3)4)14-15-36(34)48-37(40-38(51-7)12-9-13-39(40)52-8)26-35(44-48)41(50)43-42(27-49)31-21-29-20-30(23-31)24-32(42)22-29/h9,12-15,25-32H,10-11,16-24H2,1-8H3,(H,43,50). The van der Waals surface area contributed by atoms with Crippen LogP contribution in [-0.2, 0) is 4.79 Å². The number of hydrogen-bond acceptors (Lipinski definition) is 8. The summed E-state index contributed by atoms with van der Waals surface area (Å²) in [4.78, 5) is 34.2. The molecule has 2 aromatic carbocycles. The van der Waals surface area contributed by atoms with Crippen LogP contribution in [0, 0.1) is 23.7 Å². The van der Waals surface area contributed by atoms with Crippen molar-refractivity contribution in [2.45, 2.75) is 70.3 Å². The number of carbonyl (C=O) groups is 2. The first-order valence-corrected chi connectivity index (χ1v) is 19.3. The molecule has 52 heavy (non-hydrogen) atoms. The van der Waals surface area contributed by atoms with E-state index >= 15 is 0 Å². The molecule has 4 bridgehead atoms. The molecule has 4 saturated carbocycles. The second-order valence-electron chi connectivity index (χ2n) is 16.3. The Kier molecular flexibility index (Phi) is 11.7. The zero-order valence-corrected chi connectivity index (χ0v) is 32.7. The van der Waals surface area contributed by atoms with Crippen LogP contribution in [0.3, 0.4) is 0 Å². The number of carbonyl (C=O) groups excluding carboxylic acids is 2. The number of aromatic nitrogens is 2. The van der Waals surface area contributed by atoms with Crippen molar-refractivity contribution in [2.24, 2.45) is 23.7 Å². The third-order valence-electron chi connectivity index (χ3n) is 12.1. The van der Waals surface area contributed by atoms with E-state index in [-0.39, 0.29) is 29.4 Å². The Morgan fingerprint density at radius 3 is 2.08 bits per heavy atom. The van der Waals surface area contributed by atoms with Gasteiger partial charge in [-0.1, -0.05) is 19.9 Å². The molecule has 282 valence electrons. The molecular weight excluding hydrogens is 652 g/mol. The molecule has 4 aliphatic rings. The molecule has 3 aromatic rings. The molecule has 0 saturated heterocycles. The molecule has 10 nitrogen and oxygen atoms in total. The van der Waals surface area contributed by atoms with Crippen LogP contribution in [0.5, 0.6) is 11.5 Å². The fourth-order valence-corrected chi connectivity index (χ4v) is 9.52. The van der Waals surface area contributed by atoms with E-state index < -0.39 is 5.54 Å². The van der Waals surface area contributed by atoms with E-state index in [4.69, 9.17) is 14.6 Å². The van der Waals surface area contributed by atoms with E-state index in [1.807, 2.05) is 28.9 Å². The van der Waals surface area contributed by atoms with Crippen LogP contribution in [0.4, 0.5) is 5.69 Å². The molecule has 1 aromatic heterocycles. The third-order valence-corrected chi connectivity index (χ3v) is 12.1. The fraction of sp³-hybridized carbons (Fsp3) is 0.595. The van der Waals surface area contributed by atoms with Gasteiger partial charge in [-0.3, -0.25) is 4.79 Å². The molecule has 1 amide bonds. The van der Waals surface area contributed by atoms with Crippen molar-refractivity contribution in [1.29, 1.82) is 0 Å². The van der Waals surface area contributed by atoms with Gasteiger partial charge in [0, 0.05) is 19.3 Å². The molecule has 0 atom stereocenters. The third kappa shape index (κ3) is 7.60. The average Bonchev–Trinajstić information content (AvgIpc) is 3.57. The molecular formula is C42H60N6O4. The number of benzene rings is 2. The summed E-state index contributed by atoms with van der Waals surface area (Å²) in [6.45, 7) is 8.55. The topological polar surface area (TPSA) is 92.2 Å². The van der Waals surface area contributed by atoms with Crippen LogP contribution in [-0.4, -0.2) is 106 Å². The Balaban J connectivity index is 1.32. The van der Waals surface area contributed by atoms with Crippen LogP contribution < -0.4 is 19.7 Å². The number of amides is 1. The van der Waals surface area contributed by atoms with Gasteiger partial charge in [0.1, 0.15) is 23.3 Å². The first-order valence-electron chi connectivity index (χ1n) is 19.3. The lowest BCUT2D eigenvalue weighted by atomic mass is 9.49. The number of hydrogen-bond donors (Lipinski definition) is 1. The SMILES string of the molecule is COc1cccc(OC)c1-c1cc(C(=O)NC2(C=O)C3CC4CC(C3)CC2C4)nn1-c1ccc(N(C)CCCN(C)CCCN(C)C)cc1C(C)C. The lowest BCUT2D eigenvalue weighted by Crippen LogP contribution is -2.67. The highest BCUT2D eigenvalue weighted by atomic mass is 16.5. The average molecular weight is 713 g/mol. The van der Waals surface area contributed by atoms with Gasteiger partial charge in [0.15, 0.2) is 5.69 Å². The summed E-state index contributed by atoms with van der Waals surface area (Å²) in [7, 11) is 11.9. The second-order valence-corrected chi connectivity index (χ2v) is 16.3. The molecule has 0 radical (unpaired) electrons. The summed E-state index contributed by atoms with van der Waals surface area (Å²) < 4.78 is 13.6.